The number of aromatic carboxylic acids is 1. The monoisotopic (exact) mass is 389 g/mol. The fraction of sp³-hybridized carbons (Fsp3) is 0.300. The van der Waals surface area contributed by atoms with Crippen molar-refractivity contribution in [3.63, 3.8) is 0 Å². The first-order valence-electron chi connectivity index (χ1n) is 8.70. The molecule has 7 heteroatoms. The van der Waals surface area contributed by atoms with Crippen LogP contribution in [-0.4, -0.2) is 23.1 Å². The molecule has 2 aromatic rings. The predicted molar refractivity (Wildman–Crippen MR) is 98.0 cm³/mol. The Kier molecular flexibility index (Phi) is 4.30. The van der Waals surface area contributed by atoms with Gasteiger partial charge in [0.1, 0.15) is 11.6 Å². The van der Waals surface area contributed by atoms with Crippen molar-refractivity contribution in [1.29, 1.82) is 0 Å². The third-order valence-corrected chi connectivity index (χ3v) is 5.75. The molecule has 0 atom stereocenters. The van der Waals surface area contributed by atoms with Crippen molar-refractivity contribution in [3.05, 3.63) is 58.4 Å². The summed E-state index contributed by atoms with van der Waals surface area (Å²) in [6.07, 6.45) is 2.02. The van der Waals surface area contributed by atoms with E-state index in [1.165, 1.54) is 24.3 Å². The average molecular weight is 390 g/mol. The maximum absolute atomic E-state index is 13.4. The van der Waals surface area contributed by atoms with E-state index in [4.69, 9.17) is 16.3 Å². The molecule has 2 N–H and O–H groups in total. The van der Waals surface area contributed by atoms with Gasteiger partial charge in [-0.25, -0.2) is 9.18 Å². The molecule has 2 aromatic carbocycles. The summed E-state index contributed by atoms with van der Waals surface area (Å²) in [6, 6.07) is 8.68. The molecule has 1 aliphatic carbocycles. The number of anilines is 1. The van der Waals surface area contributed by atoms with Crippen LogP contribution in [-0.2, 0) is 10.2 Å². The zero-order chi connectivity index (χ0) is 19.2. The van der Waals surface area contributed by atoms with Crippen molar-refractivity contribution in [3.8, 4) is 5.75 Å². The highest BCUT2D eigenvalue weighted by molar-refractivity contribution is 6.32. The van der Waals surface area contributed by atoms with Crippen LogP contribution >= 0.6 is 11.6 Å². The fourth-order valence-corrected chi connectivity index (χ4v) is 4.15. The van der Waals surface area contributed by atoms with Crippen LogP contribution in [0.25, 0.3) is 0 Å². The number of carboxylic acid groups (broad SMARTS) is 1. The summed E-state index contributed by atoms with van der Waals surface area (Å²) in [5.74, 6) is -1.26. The van der Waals surface area contributed by atoms with Crippen molar-refractivity contribution < 1.29 is 23.8 Å². The molecule has 1 aliphatic heterocycles. The van der Waals surface area contributed by atoms with E-state index in [2.05, 4.69) is 5.32 Å². The second-order valence-electron chi connectivity index (χ2n) is 6.99. The molecule has 5 nitrogen and oxygen atoms in total. The third-order valence-electron chi connectivity index (χ3n) is 5.44. The Morgan fingerprint density at radius 1 is 1.22 bits per heavy atom. The normalized spacial score (nSPS) is 23.8. The molecule has 1 amide bonds. The summed E-state index contributed by atoms with van der Waals surface area (Å²) in [7, 11) is 0. The van der Waals surface area contributed by atoms with E-state index in [0.717, 1.165) is 5.56 Å². The number of hydrogen-bond donors (Lipinski definition) is 2. The van der Waals surface area contributed by atoms with Gasteiger partial charge >= 0.3 is 5.97 Å². The number of halogens is 2. The minimum atomic E-state index is -1.02. The predicted octanol–water partition coefficient (Wildman–Crippen LogP) is 4.39. The van der Waals surface area contributed by atoms with E-state index >= 15 is 0 Å². The summed E-state index contributed by atoms with van der Waals surface area (Å²) >= 11 is 6.06. The van der Waals surface area contributed by atoms with Gasteiger partial charge in [0.05, 0.1) is 22.1 Å². The summed E-state index contributed by atoms with van der Waals surface area (Å²) in [6.45, 7) is 0. The zero-order valence-corrected chi connectivity index (χ0v) is 15.1. The van der Waals surface area contributed by atoms with Crippen molar-refractivity contribution in [2.45, 2.75) is 37.2 Å². The Bertz CT molecular complexity index is 938. The van der Waals surface area contributed by atoms with Crippen LogP contribution in [0, 0.1) is 5.82 Å². The number of ether oxygens (including phenoxy) is 1. The van der Waals surface area contributed by atoms with Crippen LogP contribution in [0.3, 0.4) is 0 Å². The van der Waals surface area contributed by atoms with E-state index in [0.29, 0.717) is 42.1 Å². The third kappa shape index (κ3) is 3.04. The average Bonchev–Trinajstić information content (AvgIpc) is 2.91. The molecule has 1 fully saturated rings. The van der Waals surface area contributed by atoms with Gasteiger partial charge in [0.15, 0.2) is 0 Å². The van der Waals surface area contributed by atoms with Gasteiger partial charge in [-0.3, -0.25) is 4.79 Å². The van der Waals surface area contributed by atoms with Crippen molar-refractivity contribution in [2.75, 3.05) is 5.32 Å². The zero-order valence-electron chi connectivity index (χ0n) is 14.3. The molecule has 1 spiro atoms. The van der Waals surface area contributed by atoms with Crippen molar-refractivity contribution in [2.24, 2.45) is 0 Å². The lowest BCUT2D eigenvalue weighted by Gasteiger charge is -2.36. The molecule has 0 saturated heterocycles. The number of carboxylic acids is 1. The topological polar surface area (TPSA) is 75.6 Å². The Hall–Kier alpha value is -2.60. The maximum Gasteiger partial charge on any atom is 0.335 e. The highest BCUT2D eigenvalue weighted by Gasteiger charge is 2.49. The van der Waals surface area contributed by atoms with Gasteiger partial charge < -0.3 is 15.2 Å². The molecule has 0 radical (unpaired) electrons. The summed E-state index contributed by atoms with van der Waals surface area (Å²) in [5.41, 5.74) is 0.813. The first-order chi connectivity index (χ1) is 12.9. The molecule has 0 aromatic heterocycles. The lowest BCUT2D eigenvalue weighted by Crippen LogP contribution is -2.41. The van der Waals surface area contributed by atoms with Gasteiger partial charge in [0.2, 0.25) is 5.91 Å². The van der Waals surface area contributed by atoms with Crippen LogP contribution < -0.4 is 10.1 Å². The first-order valence-corrected chi connectivity index (χ1v) is 9.08. The number of hydrogen-bond acceptors (Lipinski definition) is 3. The van der Waals surface area contributed by atoms with E-state index in [1.54, 1.807) is 12.1 Å². The highest BCUT2D eigenvalue weighted by atomic mass is 35.5. The number of amides is 1. The first kappa shape index (κ1) is 17.8. The van der Waals surface area contributed by atoms with Crippen LogP contribution in [0.2, 0.25) is 5.02 Å². The van der Waals surface area contributed by atoms with E-state index in [-0.39, 0.29) is 17.6 Å². The van der Waals surface area contributed by atoms with Crippen LogP contribution in [0.15, 0.2) is 36.4 Å². The molecule has 1 heterocycles. The van der Waals surface area contributed by atoms with E-state index in [1.807, 2.05) is 0 Å². The minimum Gasteiger partial charge on any atom is -0.489 e. The Morgan fingerprint density at radius 2 is 1.96 bits per heavy atom. The summed E-state index contributed by atoms with van der Waals surface area (Å²) in [5, 5.41) is 12.5. The molecular weight excluding hydrogens is 373 g/mol. The Morgan fingerprint density at radius 3 is 2.67 bits per heavy atom. The number of fused-ring (bicyclic) bond motifs is 2. The molecular formula is C20H17ClFNO4. The molecule has 2 aliphatic rings. The molecule has 0 bridgehead atoms. The number of benzene rings is 2. The summed E-state index contributed by atoms with van der Waals surface area (Å²) < 4.78 is 19.3. The molecule has 4 rings (SSSR count). The van der Waals surface area contributed by atoms with Gasteiger partial charge in [-0.2, -0.15) is 0 Å². The molecule has 1 saturated carbocycles. The summed E-state index contributed by atoms with van der Waals surface area (Å²) in [4.78, 5) is 24.0. The van der Waals surface area contributed by atoms with Crippen LogP contribution in [0.5, 0.6) is 5.75 Å². The van der Waals surface area contributed by atoms with Crippen molar-refractivity contribution >= 4 is 29.2 Å². The lowest BCUT2D eigenvalue weighted by atomic mass is 9.69. The SMILES string of the molecule is O=C(O)c1ccc2c(c1)C1(CCC(Oc3cc(F)ccc3Cl)CC1)C(=O)N2. The van der Waals surface area contributed by atoms with Crippen LogP contribution in [0.1, 0.15) is 41.6 Å². The smallest absolute Gasteiger partial charge is 0.335 e. The van der Waals surface area contributed by atoms with Gasteiger partial charge in [0, 0.05) is 11.8 Å². The van der Waals surface area contributed by atoms with Crippen LogP contribution in [0.4, 0.5) is 10.1 Å². The minimum absolute atomic E-state index is 0.109. The van der Waals surface area contributed by atoms with Gasteiger partial charge in [-0.05, 0) is 61.6 Å². The number of rotatable bonds is 3. The van der Waals surface area contributed by atoms with E-state index < -0.39 is 17.2 Å². The Balaban J connectivity index is 1.55. The number of carbonyl (C=O) groups is 2. The fourth-order valence-electron chi connectivity index (χ4n) is 3.99. The van der Waals surface area contributed by atoms with Gasteiger partial charge in [-0.1, -0.05) is 11.6 Å². The quantitative estimate of drug-likeness (QED) is 0.816. The second-order valence-corrected chi connectivity index (χ2v) is 7.40. The molecule has 140 valence electrons. The highest BCUT2D eigenvalue weighted by Crippen LogP contribution is 2.48. The van der Waals surface area contributed by atoms with E-state index in [9.17, 15) is 19.1 Å². The second kappa shape index (κ2) is 6.53. The largest absolute Gasteiger partial charge is 0.489 e. The lowest BCUT2D eigenvalue weighted by molar-refractivity contribution is -0.122. The Labute approximate surface area is 160 Å². The van der Waals surface area contributed by atoms with Gasteiger partial charge in [-0.15, -0.1) is 0 Å². The maximum atomic E-state index is 13.4. The molecule has 0 unspecified atom stereocenters. The standard InChI is InChI=1S/C20H17ClFNO4/c21-15-3-2-12(22)10-17(15)27-13-5-7-20(8-6-13)14-9-11(18(24)25)1-4-16(14)23-19(20)26/h1-4,9-10,13H,5-8H2,(H,23,26)(H,24,25). The van der Waals surface area contributed by atoms with Gasteiger partial charge in [0.25, 0.3) is 0 Å². The molecule has 27 heavy (non-hydrogen) atoms. The van der Waals surface area contributed by atoms with Crippen molar-refractivity contribution in [1.82, 2.24) is 0 Å². The number of carbonyl (C=O) groups excluding carboxylic acids is 1. The number of nitrogens with one attached hydrogen (secondary N) is 1.